The molecule has 0 radical (unpaired) electrons. The highest BCUT2D eigenvalue weighted by Gasteiger charge is 2.23. The predicted molar refractivity (Wildman–Crippen MR) is 109 cm³/mol. The number of thiophene rings is 1. The van der Waals surface area contributed by atoms with Crippen LogP contribution in [0.3, 0.4) is 0 Å². The first kappa shape index (κ1) is 20.0. The van der Waals surface area contributed by atoms with Crippen LogP contribution in [0.4, 0.5) is 0 Å². The Morgan fingerprint density at radius 2 is 2.04 bits per heavy atom. The molecule has 7 heteroatoms. The molecular weight excluding hydrogens is 380 g/mol. The summed E-state index contributed by atoms with van der Waals surface area (Å²) < 4.78 is 27.5. The van der Waals surface area contributed by atoms with Gasteiger partial charge in [0, 0.05) is 23.3 Å². The van der Waals surface area contributed by atoms with Crippen LogP contribution in [-0.2, 0) is 22.9 Å². The summed E-state index contributed by atoms with van der Waals surface area (Å²) in [6.45, 7) is 6.29. The predicted octanol–water partition coefficient (Wildman–Crippen LogP) is 3.20. The van der Waals surface area contributed by atoms with Gasteiger partial charge < -0.3 is 5.32 Å². The number of benzene rings is 1. The molecule has 0 saturated heterocycles. The second-order valence-corrected chi connectivity index (χ2v) is 10.0. The molecule has 1 aromatic heterocycles. The number of carbonyl (C=O) groups is 1. The van der Waals surface area contributed by atoms with Crippen molar-refractivity contribution in [2.45, 2.75) is 44.9 Å². The summed E-state index contributed by atoms with van der Waals surface area (Å²) in [6.07, 6.45) is 3.10. The topological polar surface area (TPSA) is 75.3 Å². The van der Waals surface area contributed by atoms with Gasteiger partial charge in [0.05, 0.1) is 10.5 Å². The Bertz CT molecular complexity index is 948. The van der Waals surface area contributed by atoms with Gasteiger partial charge in [0.25, 0.3) is 5.91 Å². The second-order valence-electron chi connectivity index (χ2n) is 7.32. The van der Waals surface area contributed by atoms with Gasteiger partial charge in [0.15, 0.2) is 0 Å². The first-order valence-corrected chi connectivity index (χ1v) is 11.6. The molecule has 3 rings (SSSR count). The minimum absolute atomic E-state index is 0.118. The van der Waals surface area contributed by atoms with Crippen molar-refractivity contribution in [1.29, 1.82) is 0 Å². The maximum atomic E-state index is 12.5. The summed E-state index contributed by atoms with van der Waals surface area (Å²) in [6, 6.07) is 5.35. The quantitative estimate of drug-likeness (QED) is 0.724. The van der Waals surface area contributed by atoms with Crippen LogP contribution in [0.15, 0.2) is 28.5 Å². The normalized spacial score (nSPS) is 16.8. The lowest BCUT2D eigenvalue weighted by atomic mass is 9.88. The van der Waals surface area contributed by atoms with Gasteiger partial charge in [-0.3, -0.25) is 4.79 Å². The van der Waals surface area contributed by atoms with E-state index in [1.54, 1.807) is 30.4 Å². The molecule has 2 aromatic rings. The van der Waals surface area contributed by atoms with E-state index in [2.05, 4.69) is 17.0 Å². The molecule has 1 unspecified atom stereocenters. The van der Waals surface area contributed by atoms with E-state index in [1.165, 1.54) is 10.4 Å². The van der Waals surface area contributed by atoms with E-state index in [0.717, 1.165) is 30.4 Å². The number of hydrogen-bond donors (Lipinski definition) is 2. The molecule has 0 fully saturated rings. The average Bonchev–Trinajstić information content (AvgIpc) is 3.03. The van der Waals surface area contributed by atoms with Crippen molar-refractivity contribution in [2.24, 2.45) is 5.92 Å². The van der Waals surface area contributed by atoms with Gasteiger partial charge in [-0.15, -0.1) is 11.3 Å². The van der Waals surface area contributed by atoms with Crippen LogP contribution in [0.5, 0.6) is 0 Å². The number of sulfonamides is 1. The molecule has 146 valence electrons. The molecule has 0 spiro atoms. The van der Waals surface area contributed by atoms with E-state index in [1.807, 2.05) is 18.4 Å². The molecule has 5 nitrogen and oxygen atoms in total. The molecule has 0 bridgehead atoms. The number of fused-ring (bicyclic) bond motifs is 1. The molecule has 1 amide bonds. The Hall–Kier alpha value is -1.70. The monoisotopic (exact) mass is 406 g/mol. The molecule has 1 aromatic carbocycles. The average molecular weight is 407 g/mol. The largest absolute Gasteiger partial charge is 0.351 e. The van der Waals surface area contributed by atoms with Crippen molar-refractivity contribution in [1.82, 2.24) is 10.0 Å². The molecule has 1 aliphatic rings. The highest BCUT2D eigenvalue weighted by atomic mass is 32.2. The van der Waals surface area contributed by atoms with Crippen molar-refractivity contribution in [3.8, 4) is 0 Å². The molecular formula is C20H26N2O3S2. The van der Waals surface area contributed by atoms with E-state index in [4.69, 9.17) is 0 Å². The van der Waals surface area contributed by atoms with Crippen LogP contribution in [0, 0.1) is 19.8 Å². The standard InChI is InChI=1S/C20H26N2O3S2/c1-13-5-7-16-17(12-26-18(16)10-13)20(23)21-8-9-22-27(24,25)19-11-14(2)4-6-15(19)3/h4,6,11-13,22H,5,7-10H2,1-3H3,(H,21,23). The van der Waals surface area contributed by atoms with Gasteiger partial charge in [-0.2, -0.15) is 0 Å². The lowest BCUT2D eigenvalue weighted by Gasteiger charge is -2.18. The van der Waals surface area contributed by atoms with Gasteiger partial charge in [0.2, 0.25) is 10.0 Å². The summed E-state index contributed by atoms with van der Waals surface area (Å²) in [4.78, 5) is 14.1. The third-order valence-electron chi connectivity index (χ3n) is 4.98. The number of nitrogens with one attached hydrogen (secondary N) is 2. The van der Waals surface area contributed by atoms with Gasteiger partial charge >= 0.3 is 0 Å². The van der Waals surface area contributed by atoms with Crippen LogP contribution in [-0.4, -0.2) is 27.4 Å². The van der Waals surface area contributed by atoms with Crippen molar-refractivity contribution in [3.63, 3.8) is 0 Å². The molecule has 1 atom stereocenters. The third kappa shape index (κ3) is 4.59. The van der Waals surface area contributed by atoms with Gasteiger partial charge in [0.1, 0.15) is 0 Å². The highest BCUT2D eigenvalue weighted by Crippen LogP contribution is 2.32. The Labute approximate surface area is 165 Å². The minimum Gasteiger partial charge on any atom is -0.351 e. The number of aryl methyl sites for hydroxylation is 2. The fourth-order valence-corrected chi connectivity index (χ4v) is 6.00. The number of hydrogen-bond acceptors (Lipinski definition) is 4. The van der Waals surface area contributed by atoms with Gasteiger partial charge in [-0.1, -0.05) is 19.1 Å². The smallest absolute Gasteiger partial charge is 0.252 e. The van der Waals surface area contributed by atoms with E-state index in [-0.39, 0.29) is 23.9 Å². The first-order valence-electron chi connectivity index (χ1n) is 9.22. The van der Waals surface area contributed by atoms with Crippen LogP contribution in [0.2, 0.25) is 0 Å². The third-order valence-corrected chi connectivity index (χ3v) is 7.64. The second kappa shape index (κ2) is 8.12. The Morgan fingerprint density at radius 3 is 2.81 bits per heavy atom. The maximum absolute atomic E-state index is 12.5. The molecule has 0 saturated carbocycles. The lowest BCUT2D eigenvalue weighted by molar-refractivity contribution is 0.0953. The van der Waals surface area contributed by atoms with Crippen LogP contribution < -0.4 is 10.0 Å². The molecule has 2 N–H and O–H groups in total. The number of rotatable bonds is 6. The van der Waals surface area contributed by atoms with Crippen molar-refractivity contribution in [3.05, 3.63) is 50.7 Å². The SMILES string of the molecule is Cc1ccc(C)c(S(=O)(=O)NCCNC(=O)c2csc3c2CCC(C)C3)c1. The lowest BCUT2D eigenvalue weighted by Crippen LogP contribution is -2.35. The Morgan fingerprint density at radius 1 is 1.26 bits per heavy atom. The molecule has 27 heavy (non-hydrogen) atoms. The summed E-state index contributed by atoms with van der Waals surface area (Å²) in [5.74, 6) is 0.555. The summed E-state index contributed by atoms with van der Waals surface area (Å²) in [7, 11) is -3.58. The number of carbonyl (C=O) groups excluding carboxylic acids is 1. The molecule has 0 aliphatic heterocycles. The Balaban J connectivity index is 1.56. The summed E-state index contributed by atoms with van der Waals surface area (Å²) in [5.41, 5.74) is 3.52. The van der Waals surface area contributed by atoms with Crippen LogP contribution >= 0.6 is 11.3 Å². The summed E-state index contributed by atoms with van der Waals surface area (Å²) >= 11 is 1.66. The Kier molecular flexibility index (Phi) is 6.03. The summed E-state index contributed by atoms with van der Waals surface area (Å²) in [5, 5.41) is 4.77. The van der Waals surface area contributed by atoms with Crippen LogP contribution in [0.25, 0.3) is 0 Å². The molecule has 1 heterocycles. The van der Waals surface area contributed by atoms with E-state index >= 15 is 0 Å². The van der Waals surface area contributed by atoms with E-state index < -0.39 is 10.0 Å². The fourth-order valence-electron chi connectivity index (χ4n) is 3.40. The zero-order chi connectivity index (χ0) is 19.6. The van der Waals surface area contributed by atoms with Crippen molar-refractivity contribution in [2.75, 3.05) is 13.1 Å². The molecule has 1 aliphatic carbocycles. The van der Waals surface area contributed by atoms with Gasteiger partial charge in [-0.25, -0.2) is 13.1 Å². The minimum atomic E-state index is -3.58. The number of amides is 1. The maximum Gasteiger partial charge on any atom is 0.252 e. The zero-order valence-electron chi connectivity index (χ0n) is 16.0. The van der Waals surface area contributed by atoms with Crippen molar-refractivity contribution >= 4 is 27.3 Å². The van der Waals surface area contributed by atoms with Crippen molar-refractivity contribution < 1.29 is 13.2 Å². The van der Waals surface area contributed by atoms with Crippen LogP contribution in [0.1, 0.15) is 45.3 Å². The van der Waals surface area contributed by atoms with E-state index in [0.29, 0.717) is 11.5 Å². The highest BCUT2D eigenvalue weighted by molar-refractivity contribution is 7.89. The van der Waals surface area contributed by atoms with E-state index in [9.17, 15) is 13.2 Å². The van der Waals surface area contributed by atoms with Gasteiger partial charge in [-0.05, 0) is 61.8 Å². The zero-order valence-corrected chi connectivity index (χ0v) is 17.6. The fraction of sp³-hybridized carbons (Fsp3) is 0.450. The first-order chi connectivity index (χ1) is 12.8.